The molecule has 35 heavy (non-hydrogen) atoms. The maximum atomic E-state index is 13.3. The Kier molecular flexibility index (Phi) is 10.4. The van der Waals surface area contributed by atoms with Gasteiger partial charge in [0.25, 0.3) is 11.5 Å². The van der Waals surface area contributed by atoms with Gasteiger partial charge in [0.1, 0.15) is 21.8 Å². The van der Waals surface area contributed by atoms with Gasteiger partial charge in [-0.2, -0.15) is 5.26 Å². The maximum absolute atomic E-state index is 13.3. The van der Waals surface area contributed by atoms with E-state index in [0.29, 0.717) is 27.9 Å². The van der Waals surface area contributed by atoms with Crippen LogP contribution in [-0.4, -0.2) is 39.3 Å². The normalized spacial score (nSPS) is 17.5. The molecule has 0 spiro atoms. The number of aromatic nitrogens is 1. The van der Waals surface area contributed by atoms with Crippen molar-refractivity contribution in [3.05, 3.63) is 31.9 Å². The Balaban J connectivity index is 1.96. The molecule has 0 bridgehead atoms. The lowest BCUT2D eigenvalue weighted by Crippen LogP contribution is -2.37. The van der Waals surface area contributed by atoms with Gasteiger partial charge in [-0.1, -0.05) is 69.9 Å². The van der Waals surface area contributed by atoms with Crippen LogP contribution in [0.4, 0.5) is 5.82 Å². The van der Waals surface area contributed by atoms with Crippen molar-refractivity contribution in [2.45, 2.75) is 91.5 Å². The summed E-state index contributed by atoms with van der Waals surface area (Å²) in [5, 5.41) is 9.79. The zero-order valence-corrected chi connectivity index (χ0v) is 23.0. The van der Waals surface area contributed by atoms with Crippen molar-refractivity contribution < 1.29 is 4.79 Å². The van der Waals surface area contributed by atoms with E-state index in [2.05, 4.69) is 17.9 Å². The van der Waals surface area contributed by atoms with Gasteiger partial charge in [0.05, 0.1) is 4.91 Å². The molecule has 3 rings (SSSR count). The van der Waals surface area contributed by atoms with E-state index in [0.717, 1.165) is 56.6 Å². The van der Waals surface area contributed by atoms with Gasteiger partial charge < -0.3 is 4.90 Å². The van der Waals surface area contributed by atoms with Crippen molar-refractivity contribution in [3.63, 3.8) is 0 Å². The first kappa shape index (κ1) is 27.5. The highest BCUT2D eigenvalue weighted by molar-refractivity contribution is 8.26. The lowest BCUT2D eigenvalue weighted by atomic mass is 10.0. The Bertz CT molecular complexity index is 1060. The third kappa shape index (κ3) is 6.37. The molecule has 1 aromatic rings. The second-order valence-electron chi connectivity index (χ2n) is 9.45. The molecule has 1 amide bonds. The monoisotopic (exact) mass is 514 g/mol. The van der Waals surface area contributed by atoms with Gasteiger partial charge in [0.2, 0.25) is 0 Å². The summed E-state index contributed by atoms with van der Waals surface area (Å²) < 4.78 is 2.34. The predicted molar refractivity (Wildman–Crippen MR) is 150 cm³/mol. The first-order valence-corrected chi connectivity index (χ1v) is 14.3. The van der Waals surface area contributed by atoms with E-state index in [1.54, 1.807) is 9.47 Å². The minimum atomic E-state index is -0.236. The largest absolute Gasteiger partial charge is 0.357 e. The molecule has 190 valence electrons. The summed E-state index contributed by atoms with van der Waals surface area (Å²) in [5.41, 5.74) is 1.37. The van der Waals surface area contributed by atoms with Crippen LogP contribution in [0.2, 0.25) is 0 Å². The lowest BCUT2D eigenvalue weighted by Gasteiger charge is -2.33. The number of nitrogens with zero attached hydrogens (tertiary/aromatic N) is 4. The van der Waals surface area contributed by atoms with Gasteiger partial charge in [-0.25, -0.2) is 0 Å². The van der Waals surface area contributed by atoms with Crippen LogP contribution in [0.3, 0.4) is 0 Å². The number of carbonyl (C=O) groups excluding carboxylic acids is 1. The Morgan fingerprint density at radius 3 is 2.34 bits per heavy atom. The fourth-order valence-electron chi connectivity index (χ4n) is 4.90. The van der Waals surface area contributed by atoms with Crippen molar-refractivity contribution in [2.24, 2.45) is 0 Å². The van der Waals surface area contributed by atoms with Crippen LogP contribution in [0, 0.1) is 18.3 Å². The molecule has 6 nitrogen and oxygen atoms in total. The molecule has 0 saturated carbocycles. The van der Waals surface area contributed by atoms with Gasteiger partial charge >= 0.3 is 0 Å². The third-order valence-corrected chi connectivity index (χ3v) is 8.21. The number of amides is 1. The summed E-state index contributed by atoms with van der Waals surface area (Å²) in [5.74, 6) is 0.776. The zero-order chi connectivity index (χ0) is 25.4. The molecule has 0 unspecified atom stereocenters. The topological polar surface area (TPSA) is 69.3 Å². The highest BCUT2D eigenvalue weighted by atomic mass is 32.2. The quantitative estimate of drug-likeness (QED) is 0.205. The molecule has 0 aliphatic carbocycles. The molecule has 1 aromatic heterocycles. The fourth-order valence-corrected chi connectivity index (χ4v) is 6.19. The van der Waals surface area contributed by atoms with E-state index in [-0.39, 0.29) is 17.0 Å². The van der Waals surface area contributed by atoms with E-state index in [1.165, 1.54) is 43.9 Å². The van der Waals surface area contributed by atoms with Crippen LogP contribution < -0.4 is 10.5 Å². The summed E-state index contributed by atoms with van der Waals surface area (Å²) in [6, 6.07) is 2.13. The standard InChI is InChI=1S/C27H38N4O2S2/c1-4-6-7-8-9-13-17-31-26(33)23(35-27(31)34)18-21-20(3)22(19-28)25(32)30(14-5-2)24(21)29-15-11-10-12-16-29/h18H,4-17H2,1-3H3. The van der Waals surface area contributed by atoms with E-state index in [9.17, 15) is 14.9 Å². The van der Waals surface area contributed by atoms with Crippen LogP contribution in [0.25, 0.3) is 6.08 Å². The SMILES string of the molecule is CCCCCCCCN1C(=O)C(=Cc2c(C)c(C#N)c(=O)n(CCC)c2N2CCCCC2)SC1=S. The first-order valence-electron chi connectivity index (χ1n) is 13.1. The lowest BCUT2D eigenvalue weighted by molar-refractivity contribution is -0.122. The number of rotatable bonds is 11. The Morgan fingerprint density at radius 1 is 1.00 bits per heavy atom. The second-order valence-corrected chi connectivity index (χ2v) is 11.1. The number of thiocarbonyl (C=S) groups is 1. The second kappa shape index (κ2) is 13.3. The minimum Gasteiger partial charge on any atom is -0.357 e. The summed E-state index contributed by atoms with van der Waals surface area (Å²) in [4.78, 5) is 31.1. The summed E-state index contributed by atoms with van der Waals surface area (Å²) in [6.07, 6.45) is 12.9. The van der Waals surface area contributed by atoms with E-state index in [1.807, 2.05) is 19.9 Å². The maximum Gasteiger partial charge on any atom is 0.270 e. The number of pyridine rings is 1. The van der Waals surface area contributed by atoms with Crippen LogP contribution in [-0.2, 0) is 11.3 Å². The average Bonchev–Trinajstić information content (AvgIpc) is 3.12. The number of carbonyl (C=O) groups is 1. The highest BCUT2D eigenvalue weighted by Gasteiger charge is 2.33. The third-order valence-electron chi connectivity index (χ3n) is 6.83. The molecule has 8 heteroatoms. The van der Waals surface area contributed by atoms with Crippen molar-refractivity contribution in [1.82, 2.24) is 9.47 Å². The first-order chi connectivity index (χ1) is 16.9. The predicted octanol–water partition coefficient (Wildman–Crippen LogP) is 5.99. The Hall–Kier alpha value is -2.11. The Labute approximate surface area is 219 Å². The summed E-state index contributed by atoms with van der Waals surface area (Å²) in [6.45, 7) is 8.99. The van der Waals surface area contributed by atoms with E-state index < -0.39 is 0 Å². The fraction of sp³-hybridized carbons (Fsp3) is 0.630. The highest BCUT2D eigenvalue weighted by Crippen LogP contribution is 2.36. The summed E-state index contributed by atoms with van der Waals surface area (Å²) in [7, 11) is 0. The van der Waals surface area contributed by atoms with Crippen molar-refractivity contribution in [2.75, 3.05) is 24.5 Å². The molecule has 0 aromatic carbocycles. The smallest absolute Gasteiger partial charge is 0.270 e. The molecule has 2 fully saturated rings. The van der Waals surface area contributed by atoms with Gasteiger partial charge in [-0.15, -0.1) is 0 Å². The number of unbranched alkanes of at least 4 members (excludes halogenated alkanes) is 5. The number of hydrogen-bond acceptors (Lipinski definition) is 6. The molecule has 3 heterocycles. The van der Waals surface area contributed by atoms with Crippen molar-refractivity contribution in [1.29, 1.82) is 5.26 Å². The molecule has 0 atom stereocenters. The van der Waals surface area contributed by atoms with Gasteiger partial charge in [-0.3, -0.25) is 19.1 Å². The average molecular weight is 515 g/mol. The van der Waals surface area contributed by atoms with Crippen molar-refractivity contribution in [3.8, 4) is 6.07 Å². The van der Waals surface area contributed by atoms with Crippen LogP contribution >= 0.6 is 24.0 Å². The van der Waals surface area contributed by atoms with Crippen LogP contribution in [0.15, 0.2) is 9.70 Å². The van der Waals surface area contributed by atoms with Crippen LogP contribution in [0.1, 0.15) is 94.7 Å². The van der Waals surface area contributed by atoms with Gasteiger partial charge in [0.15, 0.2) is 0 Å². The van der Waals surface area contributed by atoms with E-state index >= 15 is 0 Å². The Morgan fingerprint density at radius 2 is 1.69 bits per heavy atom. The zero-order valence-electron chi connectivity index (χ0n) is 21.4. The molecule has 0 radical (unpaired) electrons. The number of hydrogen-bond donors (Lipinski definition) is 0. The number of thioether (sulfide) groups is 1. The van der Waals surface area contributed by atoms with E-state index in [4.69, 9.17) is 12.2 Å². The number of piperidine rings is 1. The molecule has 2 aliphatic heterocycles. The molecular formula is C27H38N4O2S2. The summed E-state index contributed by atoms with van der Waals surface area (Å²) >= 11 is 6.90. The minimum absolute atomic E-state index is 0.0655. The molecule has 0 N–H and O–H groups in total. The molecular weight excluding hydrogens is 476 g/mol. The van der Waals surface area contributed by atoms with Gasteiger partial charge in [0, 0.05) is 31.7 Å². The van der Waals surface area contributed by atoms with Crippen molar-refractivity contribution >= 4 is 46.1 Å². The van der Waals surface area contributed by atoms with Gasteiger partial charge in [-0.05, 0) is 50.7 Å². The van der Waals surface area contributed by atoms with Crippen LogP contribution in [0.5, 0.6) is 0 Å². The number of nitriles is 1. The molecule has 2 aliphatic rings. The number of anilines is 1. The molecule has 2 saturated heterocycles.